The molecule has 1 amide bonds. The van der Waals surface area contributed by atoms with Crippen LogP contribution in [0.1, 0.15) is 20.3 Å². The van der Waals surface area contributed by atoms with E-state index in [2.05, 4.69) is 15.3 Å². The van der Waals surface area contributed by atoms with E-state index in [9.17, 15) is 4.79 Å². The van der Waals surface area contributed by atoms with Crippen molar-refractivity contribution in [3.8, 4) is 0 Å². The molecule has 0 aliphatic carbocycles. The minimum atomic E-state index is -0.930. The lowest BCUT2D eigenvalue weighted by Crippen LogP contribution is -2.41. The van der Waals surface area contributed by atoms with Crippen LogP contribution in [0.5, 0.6) is 0 Å². The van der Waals surface area contributed by atoms with Gasteiger partial charge in [-0.1, -0.05) is 30.1 Å². The van der Waals surface area contributed by atoms with Crippen molar-refractivity contribution in [2.45, 2.75) is 25.9 Å². The van der Waals surface area contributed by atoms with E-state index >= 15 is 0 Å². The van der Waals surface area contributed by atoms with Gasteiger partial charge >= 0.3 is 0 Å². The largest absolute Gasteiger partial charge is 0.369 e. The third-order valence-electron chi connectivity index (χ3n) is 2.58. The summed E-state index contributed by atoms with van der Waals surface area (Å²) >= 11 is 11.6. The van der Waals surface area contributed by atoms with Crippen LogP contribution < -0.4 is 5.32 Å². The Balaban J connectivity index is 2.92. The van der Waals surface area contributed by atoms with E-state index in [0.29, 0.717) is 6.42 Å². The van der Waals surface area contributed by atoms with Crippen molar-refractivity contribution in [2.24, 2.45) is 0 Å². The molecular formula is C10H13Cl2N3O2. The highest BCUT2D eigenvalue weighted by molar-refractivity contribution is 6.42. The van der Waals surface area contributed by atoms with E-state index in [4.69, 9.17) is 27.9 Å². The summed E-state index contributed by atoms with van der Waals surface area (Å²) in [5.74, 6) is -0.160. The van der Waals surface area contributed by atoms with E-state index in [1.54, 1.807) is 6.92 Å². The molecule has 0 fully saturated rings. The lowest BCUT2D eigenvalue weighted by atomic mass is 10.0. The number of anilines is 1. The van der Waals surface area contributed by atoms with Crippen LogP contribution in [0.2, 0.25) is 10.2 Å². The Kier molecular flexibility index (Phi) is 4.68. The van der Waals surface area contributed by atoms with Gasteiger partial charge in [0.25, 0.3) is 5.91 Å². The van der Waals surface area contributed by atoms with Crippen LogP contribution in [0.4, 0.5) is 5.82 Å². The number of ether oxygens (including phenoxy) is 1. The molecule has 1 aromatic rings. The van der Waals surface area contributed by atoms with Gasteiger partial charge in [0.1, 0.15) is 17.0 Å². The van der Waals surface area contributed by atoms with Gasteiger partial charge in [-0.25, -0.2) is 9.97 Å². The maximum atomic E-state index is 12.0. The van der Waals surface area contributed by atoms with E-state index < -0.39 is 5.60 Å². The molecule has 0 aliphatic rings. The number of carbonyl (C=O) groups is 1. The first-order chi connectivity index (χ1) is 7.94. The summed E-state index contributed by atoms with van der Waals surface area (Å²) in [5, 5.41) is 2.76. The first-order valence-electron chi connectivity index (χ1n) is 4.97. The third kappa shape index (κ3) is 3.06. The van der Waals surface area contributed by atoms with E-state index in [0.717, 1.165) is 0 Å². The second kappa shape index (κ2) is 5.62. The molecule has 94 valence electrons. The molecular weight excluding hydrogens is 265 g/mol. The van der Waals surface area contributed by atoms with Crippen molar-refractivity contribution in [1.29, 1.82) is 0 Å². The zero-order valence-corrected chi connectivity index (χ0v) is 11.3. The summed E-state index contributed by atoms with van der Waals surface area (Å²) in [6, 6.07) is 0. The first-order valence-corrected chi connectivity index (χ1v) is 5.72. The predicted octanol–water partition coefficient (Wildman–Crippen LogP) is 2.54. The summed E-state index contributed by atoms with van der Waals surface area (Å²) < 4.78 is 5.16. The van der Waals surface area contributed by atoms with Crippen molar-refractivity contribution in [1.82, 2.24) is 9.97 Å². The Morgan fingerprint density at radius 1 is 1.53 bits per heavy atom. The summed E-state index contributed by atoms with van der Waals surface area (Å²) in [6.45, 7) is 3.52. The minimum Gasteiger partial charge on any atom is -0.369 e. The lowest BCUT2D eigenvalue weighted by Gasteiger charge is -2.25. The van der Waals surface area contributed by atoms with Gasteiger partial charge in [0.05, 0.1) is 0 Å². The molecule has 1 N–H and O–H groups in total. The van der Waals surface area contributed by atoms with Gasteiger partial charge < -0.3 is 10.1 Å². The smallest absolute Gasteiger partial charge is 0.257 e. The van der Waals surface area contributed by atoms with Gasteiger partial charge in [0.15, 0.2) is 11.0 Å². The number of rotatable bonds is 4. The molecule has 0 spiro atoms. The molecule has 1 aromatic heterocycles. The van der Waals surface area contributed by atoms with Gasteiger partial charge in [-0.3, -0.25) is 4.79 Å². The second-order valence-corrected chi connectivity index (χ2v) is 4.31. The van der Waals surface area contributed by atoms with Gasteiger partial charge in [0, 0.05) is 7.11 Å². The van der Waals surface area contributed by atoms with Crippen molar-refractivity contribution in [3.05, 3.63) is 16.5 Å². The molecule has 7 heteroatoms. The van der Waals surface area contributed by atoms with Gasteiger partial charge in [0.2, 0.25) is 0 Å². The fourth-order valence-corrected chi connectivity index (χ4v) is 1.35. The summed E-state index contributed by atoms with van der Waals surface area (Å²) in [7, 11) is 1.47. The molecule has 1 heterocycles. The number of methoxy groups -OCH3 is 1. The fourth-order valence-electron chi connectivity index (χ4n) is 1.07. The van der Waals surface area contributed by atoms with Gasteiger partial charge in [-0.15, -0.1) is 0 Å². The average molecular weight is 278 g/mol. The molecule has 0 saturated heterocycles. The molecule has 1 unspecified atom stereocenters. The topological polar surface area (TPSA) is 64.1 Å². The molecule has 0 aliphatic heterocycles. The molecule has 17 heavy (non-hydrogen) atoms. The number of hydrogen-bond donors (Lipinski definition) is 1. The maximum Gasteiger partial charge on any atom is 0.257 e. The second-order valence-electron chi connectivity index (χ2n) is 3.57. The molecule has 0 saturated carbocycles. The standard InChI is InChI=1S/C10H13Cl2N3O2/c1-4-10(2,17-3)9(16)15-8-6(11)7(12)13-5-14-8/h5H,4H2,1-3H3,(H,13,14,15,16). The normalized spacial score (nSPS) is 14.2. The first kappa shape index (κ1) is 14.2. The van der Waals surface area contributed by atoms with Crippen molar-refractivity contribution >= 4 is 34.9 Å². The van der Waals surface area contributed by atoms with Crippen molar-refractivity contribution in [3.63, 3.8) is 0 Å². The average Bonchev–Trinajstić information content (AvgIpc) is 2.33. The molecule has 5 nitrogen and oxygen atoms in total. The van der Waals surface area contributed by atoms with Crippen LogP contribution in [0.25, 0.3) is 0 Å². The monoisotopic (exact) mass is 277 g/mol. The molecule has 0 bridgehead atoms. The number of hydrogen-bond acceptors (Lipinski definition) is 4. The molecule has 1 rings (SSSR count). The number of amides is 1. The van der Waals surface area contributed by atoms with Crippen LogP contribution in [0.15, 0.2) is 6.33 Å². The Labute approximate surface area is 109 Å². The van der Waals surface area contributed by atoms with Crippen LogP contribution in [0.3, 0.4) is 0 Å². The lowest BCUT2D eigenvalue weighted by molar-refractivity contribution is -0.136. The Bertz CT molecular complexity index is 422. The number of carbonyl (C=O) groups excluding carboxylic acids is 1. The van der Waals surface area contributed by atoms with Gasteiger partial charge in [-0.2, -0.15) is 0 Å². The van der Waals surface area contributed by atoms with Crippen molar-refractivity contribution in [2.75, 3.05) is 12.4 Å². The van der Waals surface area contributed by atoms with Crippen LogP contribution in [0, 0.1) is 0 Å². The summed E-state index contributed by atoms with van der Waals surface area (Å²) in [4.78, 5) is 19.5. The highest BCUT2D eigenvalue weighted by Crippen LogP contribution is 2.26. The summed E-state index contributed by atoms with van der Waals surface area (Å²) in [5.41, 5.74) is -0.930. The summed E-state index contributed by atoms with van der Waals surface area (Å²) in [6.07, 6.45) is 1.74. The fraction of sp³-hybridized carbons (Fsp3) is 0.500. The SMILES string of the molecule is CCC(C)(OC)C(=O)Nc1ncnc(Cl)c1Cl. The molecule has 0 radical (unpaired) electrons. The number of nitrogens with one attached hydrogen (secondary N) is 1. The predicted molar refractivity (Wildman–Crippen MR) is 66.4 cm³/mol. The van der Waals surface area contributed by atoms with E-state index in [1.165, 1.54) is 13.4 Å². The van der Waals surface area contributed by atoms with Crippen LogP contribution in [-0.4, -0.2) is 28.6 Å². The Morgan fingerprint density at radius 2 is 2.18 bits per heavy atom. The van der Waals surface area contributed by atoms with Crippen molar-refractivity contribution < 1.29 is 9.53 Å². The highest BCUT2D eigenvalue weighted by Gasteiger charge is 2.31. The maximum absolute atomic E-state index is 12.0. The molecule has 1 atom stereocenters. The van der Waals surface area contributed by atoms with Crippen LogP contribution in [-0.2, 0) is 9.53 Å². The zero-order valence-electron chi connectivity index (χ0n) is 9.75. The van der Waals surface area contributed by atoms with E-state index in [1.807, 2.05) is 6.92 Å². The van der Waals surface area contributed by atoms with E-state index in [-0.39, 0.29) is 21.9 Å². The van der Waals surface area contributed by atoms with Crippen LogP contribution >= 0.6 is 23.2 Å². The highest BCUT2D eigenvalue weighted by atomic mass is 35.5. The number of nitrogens with zero attached hydrogens (tertiary/aromatic N) is 2. The van der Waals surface area contributed by atoms with Gasteiger partial charge in [-0.05, 0) is 13.3 Å². The molecule has 0 aromatic carbocycles. The number of halogens is 2. The quantitative estimate of drug-likeness (QED) is 0.859. The third-order valence-corrected chi connectivity index (χ3v) is 3.33. The minimum absolute atomic E-state index is 0.0904. The Hall–Kier alpha value is -0.910. The zero-order chi connectivity index (χ0) is 13.1. The Morgan fingerprint density at radius 3 is 2.71 bits per heavy atom. The number of aromatic nitrogens is 2.